The van der Waals surface area contributed by atoms with Crippen molar-refractivity contribution in [3.05, 3.63) is 28.2 Å². The largest absolute Gasteiger partial charge is 0.489 e. The third kappa shape index (κ3) is 3.24. The molecule has 0 bridgehead atoms. The molecule has 3 rings (SSSR count). The highest BCUT2D eigenvalue weighted by atomic mass is 79.9. The first-order chi connectivity index (χ1) is 10.1. The average molecular weight is 355 g/mol. The summed E-state index contributed by atoms with van der Waals surface area (Å²) in [5.41, 5.74) is 0.179. The van der Waals surface area contributed by atoms with Crippen LogP contribution in [-0.2, 0) is 4.74 Å². The summed E-state index contributed by atoms with van der Waals surface area (Å²) in [5.74, 6) is -0.514. The molecule has 1 aliphatic heterocycles. The van der Waals surface area contributed by atoms with E-state index in [4.69, 9.17) is 9.47 Å². The van der Waals surface area contributed by atoms with Gasteiger partial charge in [-0.05, 0) is 31.0 Å². The fourth-order valence-electron chi connectivity index (χ4n) is 3.40. The average Bonchev–Trinajstić information content (AvgIpc) is 2.88. The number of rotatable bonds is 3. The molecule has 114 valence electrons. The van der Waals surface area contributed by atoms with Gasteiger partial charge in [-0.3, -0.25) is 0 Å². The van der Waals surface area contributed by atoms with E-state index in [2.05, 4.69) is 15.9 Å². The molecule has 1 heterocycles. The number of hydrogen-bond donors (Lipinski definition) is 1. The van der Waals surface area contributed by atoms with E-state index in [1.807, 2.05) is 6.07 Å². The molecule has 2 fully saturated rings. The van der Waals surface area contributed by atoms with Crippen LogP contribution < -0.4 is 4.74 Å². The molecule has 0 aromatic heterocycles. The predicted octanol–water partition coefficient (Wildman–Crippen LogP) is 4.02. The molecule has 1 aromatic carbocycles. The Labute approximate surface area is 132 Å². The van der Waals surface area contributed by atoms with Crippen molar-refractivity contribution in [2.45, 2.75) is 50.2 Å². The monoisotopic (exact) mass is 354 g/mol. The van der Waals surface area contributed by atoms with Crippen molar-refractivity contribution >= 4 is 21.9 Å². The number of ether oxygens (including phenoxy) is 2. The fourth-order valence-corrected chi connectivity index (χ4v) is 3.76. The van der Waals surface area contributed by atoms with Crippen LogP contribution in [0.25, 0.3) is 0 Å². The Bertz CT molecular complexity index is 537. The lowest BCUT2D eigenvalue weighted by Gasteiger charge is -2.38. The van der Waals surface area contributed by atoms with Crippen molar-refractivity contribution in [2.24, 2.45) is 0 Å². The Morgan fingerprint density at radius 3 is 2.86 bits per heavy atom. The van der Waals surface area contributed by atoms with Gasteiger partial charge in [-0.2, -0.15) is 0 Å². The van der Waals surface area contributed by atoms with E-state index in [9.17, 15) is 9.90 Å². The van der Waals surface area contributed by atoms with Crippen molar-refractivity contribution in [3.8, 4) is 5.75 Å². The van der Waals surface area contributed by atoms with Crippen molar-refractivity contribution in [1.29, 1.82) is 0 Å². The molecule has 1 aromatic rings. The van der Waals surface area contributed by atoms with Gasteiger partial charge in [-0.25, -0.2) is 4.79 Å². The Balaban J connectivity index is 1.75. The Hall–Kier alpha value is -1.07. The first kappa shape index (κ1) is 14.9. The number of carboxylic acids is 1. The van der Waals surface area contributed by atoms with E-state index in [1.54, 1.807) is 12.1 Å². The van der Waals surface area contributed by atoms with Gasteiger partial charge >= 0.3 is 5.97 Å². The van der Waals surface area contributed by atoms with Gasteiger partial charge in [-0.1, -0.05) is 28.8 Å². The van der Waals surface area contributed by atoms with Gasteiger partial charge in [0.1, 0.15) is 17.4 Å². The van der Waals surface area contributed by atoms with Gasteiger partial charge in [0, 0.05) is 17.3 Å². The lowest BCUT2D eigenvalue weighted by molar-refractivity contribution is -0.108. The van der Waals surface area contributed by atoms with E-state index < -0.39 is 5.97 Å². The number of halogens is 1. The molecule has 5 heteroatoms. The van der Waals surface area contributed by atoms with Crippen molar-refractivity contribution < 1.29 is 19.4 Å². The van der Waals surface area contributed by atoms with E-state index >= 15 is 0 Å². The van der Waals surface area contributed by atoms with E-state index in [0.29, 0.717) is 12.4 Å². The van der Waals surface area contributed by atoms with Gasteiger partial charge in [0.15, 0.2) is 0 Å². The van der Waals surface area contributed by atoms with Gasteiger partial charge in [0.2, 0.25) is 0 Å². The molecular weight excluding hydrogens is 336 g/mol. The fraction of sp³-hybridized carbons (Fsp3) is 0.562. The highest BCUT2D eigenvalue weighted by Crippen LogP contribution is 2.41. The van der Waals surface area contributed by atoms with Crippen molar-refractivity contribution in [3.63, 3.8) is 0 Å². The Kier molecular flexibility index (Phi) is 4.22. The van der Waals surface area contributed by atoms with Crippen LogP contribution in [0, 0.1) is 0 Å². The van der Waals surface area contributed by atoms with Crippen LogP contribution in [0.3, 0.4) is 0 Å². The minimum absolute atomic E-state index is 0.0261. The van der Waals surface area contributed by atoms with Crippen LogP contribution in [0.15, 0.2) is 22.7 Å². The molecule has 2 aliphatic rings. The second kappa shape index (κ2) is 5.97. The van der Waals surface area contributed by atoms with Gasteiger partial charge < -0.3 is 14.6 Å². The molecule has 21 heavy (non-hydrogen) atoms. The summed E-state index contributed by atoms with van der Waals surface area (Å²) in [7, 11) is 0. The van der Waals surface area contributed by atoms with Gasteiger partial charge in [0.05, 0.1) is 12.2 Å². The summed E-state index contributed by atoms with van der Waals surface area (Å²) in [6.07, 6.45) is 6.34. The second-order valence-corrected chi connectivity index (χ2v) is 6.83. The Morgan fingerprint density at radius 2 is 2.14 bits per heavy atom. The summed E-state index contributed by atoms with van der Waals surface area (Å²) in [6.45, 7) is 0.698. The second-order valence-electron chi connectivity index (χ2n) is 5.92. The predicted molar refractivity (Wildman–Crippen MR) is 81.9 cm³/mol. The summed E-state index contributed by atoms with van der Waals surface area (Å²) in [5, 5.41) is 9.30. The van der Waals surface area contributed by atoms with E-state index in [1.165, 1.54) is 12.8 Å². The number of benzene rings is 1. The molecule has 0 amide bonds. The van der Waals surface area contributed by atoms with Gasteiger partial charge in [-0.15, -0.1) is 0 Å². The van der Waals surface area contributed by atoms with Crippen molar-refractivity contribution in [1.82, 2.24) is 0 Å². The van der Waals surface area contributed by atoms with Crippen LogP contribution in [0.1, 0.15) is 48.9 Å². The molecule has 1 N–H and O–H groups in total. The highest BCUT2D eigenvalue weighted by Gasteiger charge is 2.40. The minimum atomic E-state index is -0.964. The molecule has 4 nitrogen and oxygen atoms in total. The summed E-state index contributed by atoms with van der Waals surface area (Å²) >= 11 is 3.30. The number of carboxylic acid groups (broad SMARTS) is 1. The maximum absolute atomic E-state index is 11.3. The number of carbonyl (C=O) groups is 1. The molecule has 1 saturated heterocycles. The zero-order valence-corrected chi connectivity index (χ0v) is 13.4. The van der Waals surface area contributed by atoms with Crippen LogP contribution in [0.4, 0.5) is 0 Å². The highest BCUT2D eigenvalue weighted by molar-refractivity contribution is 9.10. The van der Waals surface area contributed by atoms with Crippen molar-refractivity contribution in [2.75, 3.05) is 6.61 Å². The third-order valence-corrected chi connectivity index (χ3v) is 4.92. The van der Waals surface area contributed by atoms with E-state index in [0.717, 1.165) is 30.2 Å². The zero-order valence-electron chi connectivity index (χ0n) is 11.8. The maximum Gasteiger partial charge on any atom is 0.339 e. The van der Waals surface area contributed by atoms with Crippen LogP contribution in [-0.4, -0.2) is 29.4 Å². The summed E-state index contributed by atoms with van der Waals surface area (Å²) in [6, 6.07) is 5.12. The lowest BCUT2D eigenvalue weighted by atomic mass is 9.90. The van der Waals surface area contributed by atoms with Crippen LogP contribution >= 0.6 is 15.9 Å². The SMILES string of the molecule is O=C(O)c1cc(Br)ccc1OC1CCOC2(CCCC2)C1. The lowest BCUT2D eigenvalue weighted by Crippen LogP contribution is -2.41. The molecule has 1 aliphatic carbocycles. The molecule has 1 atom stereocenters. The smallest absolute Gasteiger partial charge is 0.339 e. The Morgan fingerprint density at radius 1 is 1.38 bits per heavy atom. The molecular formula is C16H19BrO4. The molecule has 1 unspecified atom stereocenters. The number of aromatic carboxylic acids is 1. The first-order valence-electron chi connectivity index (χ1n) is 7.41. The molecule has 1 spiro atoms. The first-order valence-corrected chi connectivity index (χ1v) is 8.21. The molecule has 1 saturated carbocycles. The molecule has 0 radical (unpaired) electrons. The zero-order chi connectivity index (χ0) is 14.9. The third-order valence-electron chi connectivity index (χ3n) is 4.43. The maximum atomic E-state index is 11.3. The van der Waals surface area contributed by atoms with Crippen LogP contribution in [0.5, 0.6) is 5.75 Å². The van der Waals surface area contributed by atoms with E-state index in [-0.39, 0.29) is 17.3 Å². The topological polar surface area (TPSA) is 55.8 Å². The normalized spacial score (nSPS) is 24.1. The van der Waals surface area contributed by atoms with Crippen LogP contribution in [0.2, 0.25) is 0 Å². The standard InChI is InChI=1S/C16H19BrO4/c17-11-3-4-14(13(9-11)15(18)19)21-12-5-8-20-16(10-12)6-1-2-7-16/h3-4,9,12H,1-2,5-8,10H2,(H,18,19). The quantitative estimate of drug-likeness (QED) is 0.890. The summed E-state index contributed by atoms with van der Waals surface area (Å²) < 4.78 is 12.7. The number of hydrogen-bond acceptors (Lipinski definition) is 3. The summed E-state index contributed by atoms with van der Waals surface area (Å²) in [4.78, 5) is 11.3. The minimum Gasteiger partial charge on any atom is -0.489 e. The van der Waals surface area contributed by atoms with Gasteiger partial charge in [0.25, 0.3) is 0 Å².